The first-order valence-electron chi connectivity index (χ1n) is 7.85. The van der Waals surface area contributed by atoms with Crippen molar-refractivity contribution in [2.24, 2.45) is 5.73 Å². The van der Waals surface area contributed by atoms with Crippen molar-refractivity contribution in [3.63, 3.8) is 0 Å². The van der Waals surface area contributed by atoms with E-state index in [-0.39, 0.29) is 6.04 Å². The molecular formula is C17H27ClN2. The van der Waals surface area contributed by atoms with E-state index in [9.17, 15) is 0 Å². The highest BCUT2D eigenvalue weighted by Crippen LogP contribution is 2.31. The fourth-order valence-electron chi connectivity index (χ4n) is 3.18. The van der Waals surface area contributed by atoms with Crippen LogP contribution in [0.4, 0.5) is 5.69 Å². The van der Waals surface area contributed by atoms with Crippen LogP contribution in [0.15, 0.2) is 18.2 Å². The van der Waals surface area contributed by atoms with E-state index in [4.69, 9.17) is 17.3 Å². The summed E-state index contributed by atoms with van der Waals surface area (Å²) in [6.45, 7) is 2.03. The monoisotopic (exact) mass is 294 g/mol. The van der Waals surface area contributed by atoms with Crippen molar-refractivity contribution in [2.45, 2.75) is 64.0 Å². The van der Waals surface area contributed by atoms with Crippen LogP contribution in [-0.4, -0.2) is 19.1 Å². The molecular weight excluding hydrogens is 268 g/mol. The van der Waals surface area contributed by atoms with E-state index in [1.54, 1.807) is 0 Å². The van der Waals surface area contributed by atoms with Crippen LogP contribution in [0.1, 0.15) is 51.0 Å². The first-order valence-corrected chi connectivity index (χ1v) is 8.22. The highest BCUT2D eigenvalue weighted by Gasteiger charge is 2.19. The van der Waals surface area contributed by atoms with Crippen LogP contribution in [0.5, 0.6) is 0 Å². The SMILES string of the molecule is CC(N)Cc1ccc(N(C)C2CCCCCC2)c(Cl)c1. The minimum absolute atomic E-state index is 0.177. The lowest BCUT2D eigenvalue weighted by molar-refractivity contribution is 0.553. The lowest BCUT2D eigenvalue weighted by atomic mass is 10.0. The van der Waals surface area contributed by atoms with E-state index in [0.29, 0.717) is 6.04 Å². The molecule has 0 bridgehead atoms. The Bertz CT molecular complexity index is 423. The summed E-state index contributed by atoms with van der Waals surface area (Å²) in [6.07, 6.45) is 8.90. The summed E-state index contributed by atoms with van der Waals surface area (Å²) in [5.74, 6) is 0. The zero-order valence-corrected chi connectivity index (χ0v) is 13.5. The zero-order chi connectivity index (χ0) is 14.5. The third-order valence-electron chi connectivity index (χ3n) is 4.32. The predicted octanol–water partition coefficient (Wildman–Crippen LogP) is 4.39. The summed E-state index contributed by atoms with van der Waals surface area (Å²) < 4.78 is 0. The number of halogens is 1. The minimum Gasteiger partial charge on any atom is -0.370 e. The van der Waals surface area contributed by atoms with Gasteiger partial charge in [0.25, 0.3) is 0 Å². The summed E-state index contributed by atoms with van der Waals surface area (Å²) in [5.41, 5.74) is 8.24. The van der Waals surface area contributed by atoms with Crippen molar-refractivity contribution in [1.29, 1.82) is 0 Å². The molecule has 1 atom stereocenters. The maximum atomic E-state index is 6.49. The van der Waals surface area contributed by atoms with E-state index in [1.165, 1.54) is 44.1 Å². The summed E-state index contributed by atoms with van der Waals surface area (Å²) in [7, 11) is 2.18. The van der Waals surface area contributed by atoms with Gasteiger partial charge in [-0.3, -0.25) is 0 Å². The molecule has 0 radical (unpaired) electrons. The lowest BCUT2D eigenvalue weighted by Gasteiger charge is -2.30. The summed E-state index contributed by atoms with van der Waals surface area (Å²) in [5, 5.41) is 0.856. The van der Waals surface area contributed by atoms with Crippen molar-refractivity contribution < 1.29 is 0 Å². The van der Waals surface area contributed by atoms with E-state index in [2.05, 4.69) is 30.1 Å². The van der Waals surface area contributed by atoms with Crippen molar-refractivity contribution >= 4 is 17.3 Å². The Labute approximate surface area is 128 Å². The van der Waals surface area contributed by atoms with Crippen molar-refractivity contribution in [2.75, 3.05) is 11.9 Å². The van der Waals surface area contributed by atoms with Crippen LogP contribution in [0.25, 0.3) is 0 Å². The molecule has 1 fully saturated rings. The normalized spacial score (nSPS) is 18.6. The second-order valence-corrected chi connectivity index (χ2v) is 6.63. The van der Waals surface area contributed by atoms with E-state index in [1.807, 2.05) is 6.92 Å². The number of anilines is 1. The molecule has 20 heavy (non-hydrogen) atoms. The van der Waals surface area contributed by atoms with Gasteiger partial charge in [-0.2, -0.15) is 0 Å². The van der Waals surface area contributed by atoms with Gasteiger partial charge in [0.1, 0.15) is 0 Å². The Morgan fingerprint density at radius 1 is 1.25 bits per heavy atom. The summed E-state index contributed by atoms with van der Waals surface area (Å²) in [4.78, 5) is 2.38. The molecule has 2 N–H and O–H groups in total. The van der Waals surface area contributed by atoms with Crippen LogP contribution in [0.3, 0.4) is 0 Å². The van der Waals surface area contributed by atoms with Crippen LogP contribution >= 0.6 is 11.6 Å². The molecule has 3 heteroatoms. The second-order valence-electron chi connectivity index (χ2n) is 6.22. The van der Waals surface area contributed by atoms with Crippen LogP contribution in [-0.2, 0) is 6.42 Å². The van der Waals surface area contributed by atoms with Gasteiger partial charge in [0, 0.05) is 19.1 Å². The average Bonchev–Trinajstić information content (AvgIpc) is 2.66. The smallest absolute Gasteiger partial charge is 0.0642 e. The highest BCUT2D eigenvalue weighted by atomic mass is 35.5. The van der Waals surface area contributed by atoms with Gasteiger partial charge in [-0.15, -0.1) is 0 Å². The van der Waals surface area contributed by atoms with Crippen LogP contribution in [0, 0.1) is 0 Å². The van der Waals surface area contributed by atoms with Gasteiger partial charge < -0.3 is 10.6 Å². The first-order chi connectivity index (χ1) is 9.58. The molecule has 0 amide bonds. The number of nitrogens with zero attached hydrogens (tertiary/aromatic N) is 1. The Morgan fingerprint density at radius 3 is 2.45 bits per heavy atom. The first kappa shape index (κ1) is 15.7. The number of hydrogen-bond acceptors (Lipinski definition) is 2. The van der Waals surface area contributed by atoms with Crippen LogP contribution in [0.2, 0.25) is 5.02 Å². The number of nitrogens with two attached hydrogens (primary N) is 1. The third kappa shape index (κ3) is 4.13. The minimum atomic E-state index is 0.177. The fourth-order valence-corrected chi connectivity index (χ4v) is 3.51. The summed E-state index contributed by atoms with van der Waals surface area (Å²) in [6, 6.07) is 7.21. The molecule has 1 aromatic carbocycles. The van der Waals surface area contributed by atoms with Gasteiger partial charge in [0.05, 0.1) is 10.7 Å². The Morgan fingerprint density at radius 2 is 1.90 bits per heavy atom. The maximum absolute atomic E-state index is 6.49. The van der Waals surface area contributed by atoms with Crippen molar-refractivity contribution in [3.05, 3.63) is 28.8 Å². The van der Waals surface area contributed by atoms with Gasteiger partial charge in [-0.25, -0.2) is 0 Å². The highest BCUT2D eigenvalue weighted by molar-refractivity contribution is 6.33. The van der Waals surface area contributed by atoms with Gasteiger partial charge in [0.2, 0.25) is 0 Å². The van der Waals surface area contributed by atoms with Gasteiger partial charge in [-0.1, -0.05) is 43.4 Å². The molecule has 1 unspecified atom stereocenters. The molecule has 0 saturated heterocycles. The largest absolute Gasteiger partial charge is 0.370 e. The number of benzene rings is 1. The quantitative estimate of drug-likeness (QED) is 0.835. The molecule has 1 aromatic rings. The number of rotatable bonds is 4. The van der Waals surface area contributed by atoms with E-state index >= 15 is 0 Å². The van der Waals surface area contributed by atoms with Crippen molar-refractivity contribution in [1.82, 2.24) is 0 Å². The molecule has 112 valence electrons. The Balaban J connectivity index is 2.10. The average molecular weight is 295 g/mol. The molecule has 0 aromatic heterocycles. The number of hydrogen-bond donors (Lipinski definition) is 1. The lowest BCUT2D eigenvalue weighted by Crippen LogP contribution is -2.31. The van der Waals surface area contributed by atoms with Crippen molar-refractivity contribution in [3.8, 4) is 0 Å². The molecule has 0 spiro atoms. The molecule has 2 rings (SSSR count). The topological polar surface area (TPSA) is 29.3 Å². The van der Waals surface area contributed by atoms with E-state index < -0.39 is 0 Å². The summed E-state index contributed by atoms with van der Waals surface area (Å²) >= 11 is 6.49. The van der Waals surface area contributed by atoms with Gasteiger partial charge in [0.15, 0.2) is 0 Å². The standard InChI is InChI=1S/C17H27ClN2/c1-13(19)11-14-9-10-17(16(18)12-14)20(2)15-7-5-3-4-6-8-15/h9-10,12-13,15H,3-8,11,19H2,1-2H3. The molecule has 1 aliphatic rings. The zero-order valence-electron chi connectivity index (χ0n) is 12.7. The molecule has 1 saturated carbocycles. The van der Waals surface area contributed by atoms with Crippen LogP contribution < -0.4 is 10.6 Å². The second kappa shape index (κ2) is 7.33. The molecule has 2 nitrogen and oxygen atoms in total. The Kier molecular flexibility index (Phi) is 5.74. The third-order valence-corrected chi connectivity index (χ3v) is 4.62. The maximum Gasteiger partial charge on any atom is 0.0642 e. The Hall–Kier alpha value is -0.730. The molecule has 1 aliphatic carbocycles. The van der Waals surface area contributed by atoms with Gasteiger partial charge >= 0.3 is 0 Å². The van der Waals surface area contributed by atoms with Gasteiger partial charge in [-0.05, 0) is 43.9 Å². The predicted molar refractivity (Wildman–Crippen MR) is 88.7 cm³/mol. The van der Waals surface area contributed by atoms with E-state index in [0.717, 1.165) is 17.1 Å². The molecule has 0 aliphatic heterocycles. The fraction of sp³-hybridized carbons (Fsp3) is 0.647. The molecule has 0 heterocycles.